The number of carbonyl (C=O) groups is 1. The smallest absolute Gasteiger partial charge is 0.242 e. The highest BCUT2D eigenvalue weighted by atomic mass is 32.2. The van der Waals surface area contributed by atoms with Crippen molar-refractivity contribution in [3.8, 4) is 16.9 Å². The van der Waals surface area contributed by atoms with Crippen molar-refractivity contribution in [3.05, 3.63) is 78.6 Å². The number of rotatable bonds is 8. The average Bonchev–Trinajstić information content (AvgIpc) is 2.78. The molecular weight excluding hydrogens is 431 g/mol. The number of methoxy groups -OCH3 is 1. The Morgan fingerprint density at radius 1 is 0.875 bits per heavy atom. The first-order valence-electron chi connectivity index (χ1n) is 10.0. The van der Waals surface area contributed by atoms with Crippen LogP contribution < -0.4 is 14.8 Å². The summed E-state index contributed by atoms with van der Waals surface area (Å²) in [5, 5.41) is 2.73. The van der Waals surface area contributed by atoms with E-state index in [1.54, 1.807) is 69.5 Å². The fourth-order valence-corrected chi connectivity index (χ4v) is 4.43. The molecule has 0 bridgehead atoms. The van der Waals surface area contributed by atoms with E-state index >= 15 is 0 Å². The topological polar surface area (TPSA) is 84.5 Å². The van der Waals surface area contributed by atoms with Crippen LogP contribution in [0.4, 0.5) is 10.1 Å². The predicted molar refractivity (Wildman–Crippen MR) is 122 cm³/mol. The van der Waals surface area contributed by atoms with Gasteiger partial charge in [0.25, 0.3) is 0 Å². The zero-order valence-electron chi connectivity index (χ0n) is 18.0. The fraction of sp³-hybridized carbons (Fsp3) is 0.208. The quantitative estimate of drug-likeness (QED) is 0.525. The molecule has 0 spiro atoms. The van der Waals surface area contributed by atoms with Crippen LogP contribution in [0.3, 0.4) is 0 Å². The van der Waals surface area contributed by atoms with E-state index in [4.69, 9.17) is 4.74 Å². The summed E-state index contributed by atoms with van der Waals surface area (Å²) in [4.78, 5) is 12.8. The molecule has 0 aliphatic heterocycles. The van der Waals surface area contributed by atoms with Crippen molar-refractivity contribution in [1.29, 1.82) is 0 Å². The highest BCUT2D eigenvalue weighted by Crippen LogP contribution is 2.22. The second-order valence-electron chi connectivity index (χ2n) is 7.59. The van der Waals surface area contributed by atoms with E-state index in [0.717, 1.165) is 11.1 Å². The molecule has 8 heteroatoms. The van der Waals surface area contributed by atoms with Crippen molar-refractivity contribution in [2.24, 2.45) is 5.92 Å². The minimum Gasteiger partial charge on any atom is -0.497 e. The Kier molecular flexibility index (Phi) is 7.27. The van der Waals surface area contributed by atoms with Gasteiger partial charge in [0.1, 0.15) is 17.6 Å². The van der Waals surface area contributed by atoms with Crippen LogP contribution in [0.5, 0.6) is 5.75 Å². The fourth-order valence-electron chi connectivity index (χ4n) is 3.09. The summed E-state index contributed by atoms with van der Waals surface area (Å²) in [5.41, 5.74) is 2.05. The summed E-state index contributed by atoms with van der Waals surface area (Å²) < 4.78 is 46.6. The Labute approximate surface area is 187 Å². The lowest BCUT2D eigenvalue weighted by molar-refractivity contribution is -0.118. The zero-order chi connectivity index (χ0) is 23.3. The number of sulfonamides is 1. The highest BCUT2D eigenvalue weighted by Gasteiger charge is 2.28. The van der Waals surface area contributed by atoms with Crippen molar-refractivity contribution in [1.82, 2.24) is 4.72 Å². The Morgan fingerprint density at radius 3 is 1.91 bits per heavy atom. The summed E-state index contributed by atoms with van der Waals surface area (Å²) in [5.74, 6) is -0.448. The largest absolute Gasteiger partial charge is 0.497 e. The van der Waals surface area contributed by atoms with Crippen LogP contribution in [0.2, 0.25) is 0 Å². The van der Waals surface area contributed by atoms with Gasteiger partial charge in [0.2, 0.25) is 15.9 Å². The second-order valence-corrected chi connectivity index (χ2v) is 9.31. The Bertz CT molecular complexity index is 1160. The lowest BCUT2D eigenvalue weighted by Gasteiger charge is -2.22. The maximum Gasteiger partial charge on any atom is 0.242 e. The van der Waals surface area contributed by atoms with E-state index < -0.39 is 22.0 Å². The van der Waals surface area contributed by atoms with Gasteiger partial charge < -0.3 is 10.1 Å². The van der Waals surface area contributed by atoms with Gasteiger partial charge in [0.15, 0.2) is 0 Å². The van der Waals surface area contributed by atoms with Crippen LogP contribution in [0.25, 0.3) is 11.1 Å². The summed E-state index contributed by atoms with van der Waals surface area (Å²) in [6, 6.07) is 17.9. The molecule has 1 atom stereocenters. The number of benzene rings is 3. The van der Waals surface area contributed by atoms with E-state index in [-0.39, 0.29) is 16.6 Å². The molecule has 6 nitrogen and oxygen atoms in total. The molecule has 0 radical (unpaired) electrons. The molecule has 0 aliphatic rings. The third-order valence-electron chi connectivity index (χ3n) is 4.93. The number of hydrogen-bond donors (Lipinski definition) is 2. The second kappa shape index (κ2) is 9.93. The van der Waals surface area contributed by atoms with Gasteiger partial charge in [-0.15, -0.1) is 0 Å². The van der Waals surface area contributed by atoms with Gasteiger partial charge in [-0.3, -0.25) is 4.79 Å². The number of amides is 1. The van der Waals surface area contributed by atoms with E-state index in [1.807, 2.05) is 0 Å². The highest BCUT2D eigenvalue weighted by molar-refractivity contribution is 7.89. The molecule has 0 saturated carbocycles. The van der Waals surface area contributed by atoms with Crippen LogP contribution in [-0.2, 0) is 14.8 Å². The average molecular weight is 457 g/mol. The molecule has 32 heavy (non-hydrogen) atoms. The minimum atomic E-state index is -3.95. The van der Waals surface area contributed by atoms with Gasteiger partial charge in [0, 0.05) is 5.69 Å². The van der Waals surface area contributed by atoms with E-state index in [1.165, 1.54) is 24.3 Å². The van der Waals surface area contributed by atoms with Crippen LogP contribution >= 0.6 is 0 Å². The molecule has 168 valence electrons. The van der Waals surface area contributed by atoms with Crippen LogP contribution in [0, 0.1) is 11.7 Å². The van der Waals surface area contributed by atoms with Crippen molar-refractivity contribution in [2.75, 3.05) is 12.4 Å². The van der Waals surface area contributed by atoms with Gasteiger partial charge in [0.05, 0.1) is 12.0 Å². The normalized spacial score (nSPS) is 12.4. The molecule has 0 fully saturated rings. The summed E-state index contributed by atoms with van der Waals surface area (Å²) >= 11 is 0. The van der Waals surface area contributed by atoms with E-state index in [2.05, 4.69) is 10.0 Å². The third-order valence-corrected chi connectivity index (χ3v) is 6.39. The van der Waals surface area contributed by atoms with Gasteiger partial charge in [-0.25, -0.2) is 12.8 Å². The Balaban J connectivity index is 1.75. The third kappa shape index (κ3) is 5.72. The standard InChI is InChI=1S/C24H25FN2O4S/c1-16(2)23(24(28)26-20-10-12-21(31-3)13-11-20)27-32(29,30)22-14-6-18(7-15-22)17-4-8-19(25)9-5-17/h4-16,23,27H,1-3H3,(H,26,28). The van der Waals surface area contributed by atoms with Crippen LogP contribution in [-0.4, -0.2) is 27.5 Å². The first kappa shape index (κ1) is 23.4. The predicted octanol–water partition coefficient (Wildman–Crippen LogP) is 4.44. The first-order chi connectivity index (χ1) is 15.2. The molecule has 1 amide bonds. The SMILES string of the molecule is COc1ccc(NC(=O)C(NS(=O)(=O)c2ccc(-c3ccc(F)cc3)cc2)C(C)C)cc1. The van der Waals surface area contributed by atoms with Gasteiger partial charge in [-0.1, -0.05) is 38.1 Å². The number of anilines is 1. The zero-order valence-corrected chi connectivity index (χ0v) is 18.8. The van der Waals surface area contributed by atoms with Crippen molar-refractivity contribution < 1.29 is 22.3 Å². The van der Waals surface area contributed by atoms with Gasteiger partial charge in [-0.05, 0) is 65.6 Å². The van der Waals surface area contributed by atoms with Crippen LogP contribution in [0.15, 0.2) is 77.7 Å². The summed E-state index contributed by atoms with van der Waals surface area (Å²) in [6.07, 6.45) is 0. The monoisotopic (exact) mass is 456 g/mol. The number of nitrogens with one attached hydrogen (secondary N) is 2. The lowest BCUT2D eigenvalue weighted by Crippen LogP contribution is -2.47. The molecule has 1 unspecified atom stereocenters. The first-order valence-corrected chi connectivity index (χ1v) is 11.5. The van der Waals surface area contributed by atoms with E-state index in [0.29, 0.717) is 11.4 Å². The molecule has 0 aliphatic carbocycles. The van der Waals surface area contributed by atoms with Crippen molar-refractivity contribution >= 4 is 21.6 Å². The number of hydrogen-bond acceptors (Lipinski definition) is 4. The molecule has 2 N–H and O–H groups in total. The molecule has 3 aromatic carbocycles. The maximum absolute atomic E-state index is 13.1. The molecule has 0 saturated heterocycles. The Hall–Kier alpha value is -3.23. The minimum absolute atomic E-state index is 0.0336. The van der Waals surface area contributed by atoms with Gasteiger partial charge in [-0.2, -0.15) is 4.72 Å². The molecule has 3 rings (SSSR count). The Morgan fingerprint density at radius 2 is 1.41 bits per heavy atom. The lowest BCUT2D eigenvalue weighted by atomic mass is 10.0. The van der Waals surface area contributed by atoms with Crippen molar-refractivity contribution in [2.45, 2.75) is 24.8 Å². The maximum atomic E-state index is 13.1. The molecule has 0 aromatic heterocycles. The van der Waals surface area contributed by atoms with Crippen LogP contribution in [0.1, 0.15) is 13.8 Å². The van der Waals surface area contributed by atoms with Crippen molar-refractivity contribution in [3.63, 3.8) is 0 Å². The van der Waals surface area contributed by atoms with Gasteiger partial charge >= 0.3 is 0 Å². The van der Waals surface area contributed by atoms with E-state index in [9.17, 15) is 17.6 Å². The number of carbonyl (C=O) groups excluding carboxylic acids is 1. The number of halogens is 1. The summed E-state index contributed by atoms with van der Waals surface area (Å²) in [6.45, 7) is 3.52. The number of ether oxygens (including phenoxy) is 1. The molecular formula is C24H25FN2O4S. The summed E-state index contributed by atoms with van der Waals surface area (Å²) in [7, 11) is -2.40. The molecule has 3 aromatic rings. The molecule has 0 heterocycles.